The molecule has 1 aromatic rings. The molecule has 0 aliphatic heterocycles. The van der Waals surface area contributed by atoms with Gasteiger partial charge in [0.05, 0.1) is 10.6 Å². The fraction of sp³-hybridized carbons (Fsp3) is 0.364. The van der Waals surface area contributed by atoms with Crippen LogP contribution in [0.1, 0.15) is 17.3 Å². The Balaban J connectivity index is 3.13. The lowest BCUT2D eigenvalue weighted by Gasteiger charge is -2.13. The van der Waals surface area contributed by atoms with E-state index < -0.39 is 42.5 Å². The van der Waals surface area contributed by atoms with Crippen molar-refractivity contribution < 1.29 is 21.8 Å². The van der Waals surface area contributed by atoms with E-state index in [2.05, 4.69) is 5.32 Å². The highest BCUT2D eigenvalue weighted by molar-refractivity contribution is 8.13. The van der Waals surface area contributed by atoms with Crippen LogP contribution in [0.3, 0.4) is 0 Å². The minimum atomic E-state index is -4.34. The predicted molar refractivity (Wildman–Crippen MR) is 80.3 cm³/mol. The molecule has 2 atom stereocenters. The summed E-state index contributed by atoms with van der Waals surface area (Å²) in [6, 6.07) is 1.04. The van der Waals surface area contributed by atoms with Crippen molar-refractivity contribution in [3.63, 3.8) is 0 Å². The fourth-order valence-corrected chi connectivity index (χ4v) is 3.51. The number of hydrogen-bond donors (Lipinski definition) is 1. The first-order valence-corrected chi connectivity index (χ1v) is 9.98. The molecular weight excluding hydrogens is 364 g/mol. The van der Waals surface area contributed by atoms with E-state index in [0.29, 0.717) is 6.07 Å². The number of amides is 1. The summed E-state index contributed by atoms with van der Waals surface area (Å²) >= 11 is 5.74. The third-order valence-corrected chi connectivity index (χ3v) is 5.01. The summed E-state index contributed by atoms with van der Waals surface area (Å²) in [7, 11) is -0.380. The van der Waals surface area contributed by atoms with Crippen molar-refractivity contribution in [2.75, 3.05) is 12.0 Å². The monoisotopic (exact) mass is 375 g/mol. The Labute approximate surface area is 133 Å². The first-order chi connectivity index (χ1) is 9.52. The van der Waals surface area contributed by atoms with Crippen LogP contribution in [0.15, 0.2) is 17.0 Å². The molecular formula is C11H12Cl2FNO4S2. The van der Waals surface area contributed by atoms with E-state index in [1.54, 1.807) is 6.92 Å². The molecule has 1 aromatic carbocycles. The zero-order valence-electron chi connectivity index (χ0n) is 11.0. The first-order valence-electron chi connectivity index (χ1n) is 5.57. The number of hydrogen-bond acceptors (Lipinski definition) is 4. The third-order valence-electron chi connectivity index (χ3n) is 2.39. The second-order valence-electron chi connectivity index (χ2n) is 4.31. The minimum Gasteiger partial charge on any atom is -0.349 e. The third kappa shape index (κ3) is 5.21. The Morgan fingerprint density at radius 1 is 1.48 bits per heavy atom. The van der Waals surface area contributed by atoms with E-state index in [-0.39, 0.29) is 16.3 Å². The summed E-state index contributed by atoms with van der Waals surface area (Å²) in [5.74, 6) is -1.64. The van der Waals surface area contributed by atoms with Gasteiger partial charge in [0.25, 0.3) is 15.0 Å². The number of nitrogens with one attached hydrogen (secondary N) is 1. The smallest absolute Gasteiger partial charge is 0.264 e. The van der Waals surface area contributed by atoms with Crippen LogP contribution in [0, 0.1) is 5.82 Å². The van der Waals surface area contributed by atoms with Crippen LogP contribution >= 0.6 is 22.3 Å². The van der Waals surface area contributed by atoms with Crippen molar-refractivity contribution in [1.29, 1.82) is 0 Å². The molecule has 0 radical (unpaired) electrons. The molecule has 0 heterocycles. The predicted octanol–water partition coefficient (Wildman–Crippen LogP) is 1.90. The van der Waals surface area contributed by atoms with Crippen molar-refractivity contribution in [3.05, 3.63) is 28.5 Å². The van der Waals surface area contributed by atoms with Crippen LogP contribution < -0.4 is 5.32 Å². The summed E-state index contributed by atoms with van der Waals surface area (Å²) < 4.78 is 47.0. The Morgan fingerprint density at radius 3 is 2.52 bits per heavy atom. The van der Waals surface area contributed by atoms with Crippen molar-refractivity contribution in [2.24, 2.45) is 0 Å². The van der Waals surface area contributed by atoms with E-state index in [4.69, 9.17) is 22.3 Å². The molecule has 0 aromatic heterocycles. The van der Waals surface area contributed by atoms with Gasteiger partial charge in [-0.2, -0.15) is 0 Å². The van der Waals surface area contributed by atoms with Crippen LogP contribution in [-0.4, -0.2) is 36.6 Å². The molecule has 0 aliphatic carbocycles. The molecule has 10 heteroatoms. The van der Waals surface area contributed by atoms with E-state index in [1.807, 2.05) is 0 Å². The molecule has 1 amide bonds. The van der Waals surface area contributed by atoms with E-state index in [0.717, 1.165) is 6.07 Å². The van der Waals surface area contributed by atoms with Gasteiger partial charge < -0.3 is 5.32 Å². The molecule has 2 unspecified atom stereocenters. The molecule has 118 valence electrons. The summed E-state index contributed by atoms with van der Waals surface area (Å²) in [5, 5.41) is 2.24. The van der Waals surface area contributed by atoms with Gasteiger partial charge >= 0.3 is 0 Å². The van der Waals surface area contributed by atoms with E-state index in [1.165, 1.54) is 6.26 Å². The summed E-state index contributed by atoms with van der Waals surface area (Å²) in [6.45, 7) is 1.62. The van der Waals surface area contributed by atoms with Gasteiger partial charge in [0, 0.05) is 39.5 Å². The maximum Gasteiger partial charge on any atom is 0.264 e. The number of benzene rings is 1. The number of carbonyl (C=O) groups excluding carboxylic acids is 1. The average Bonchev–Trinajstić information content (AvgIpc) is 2.24. The zero-order valence-corrected chi connectivity index (χ0v) is 14.2. The van der Waals surface area contributed by atoms with E-state index >= 15 is 0 Å². The number of rotatable bonds is 5. The van der Waals surface area contributed by atoms with Crippen molar-refractivity contribution in [1.82, 2.24) is 5.32 Å². The van der Waals surface area contributed by atoms with Crippen LogP contribution in [0.4, 0.5) is 4.39 Å². The SMILES string of the molecule is CC(CS(C)=O)NC(=O)c1cc(S(=O)(=O)Cl)c(F)cc1Cl. The van der Waals surface area contributed by atoms with Gasteiger partial charge in [-0.1, -0.05) is 11.6 Å². The molecule has 0 aliphatic rings. The standard InChI is InChI=1S/C11H12Cl2FNO4S2/c1-6(5-20(2)17)15-11(16)7-3-10(21(13,18)19)9(14)4-8(7)12/h3-4,6H,5H2,1-2H3,(H,15,16). The van der Waals surface area contributed by atoms with Crippen molar-refractivity contribution in [3.8, 4) is 0 Å². The lowest BCUT2D eigenvalue weighted by molar-refractivity contribution is 0.0943. The van der Waals surface area contributed by atoms with Crippen molar-refractivity contribution in [2.45, 2.75) is 17.9 Å². The Bertz CT molecular complexity index is 694. The highest BCUT2D eigenvalue weighted by atomic mass is 35.7. The maximum absolute atomic E-state index is 13.5. The van der Waals surface area contributed by atoms with Gasteiger partial charge in [-0.15, -0.1) is 0 Å². The van der Waals surface area contributed by atoms with Gasteiger partial charge in [0.15, 0.2) is 0 Å². The Morgan fingerprint density at radius 2 is 2.05 bits per heavy atom. The van der Waals surface area contributed by atoms with Crippen molar-refractivity contribution >= 4 is 48.0 Å². The molecule has 1 rings (SSSR count). The molecule has 0 saturated carbocycles. The van der Waals surface area contributed by atoms with Gasteiger partial charge in [-0.3, -0.25) is 9.00 Å². The van der Waals surface area contributed by atoms with E-state index in [9.17, 15) is 21.8 Å². The highest BCUT2D eigenvalue weighted by Gasteiger charge is 2.22. The minimum absolute atomic E-state index is 0.214. The van der Waals surface area contributed by atoms with Gasteiger partial charge in [-0.05, 0) is 19.1 Å². The normalized spacial score (nSPS) is 14.5. The van der Waals surface area contributed by atoms with Crippen LogP contribution in [-0.2, 0) is 19.9 Å². The average molecular weight is 376 g/mol. The highest BCUT2D eigenvalue weighted by Crippen LogP contribution is 2.26. The first kappa shape index (κ1) is 18.3. The molecule has 5 nitrogen and oxygen atoms in total. The van der Waals surface area contributed by atoms with Crippen LogP contribution in [0.5, 0.6) is 0 Å². The molecule has 0 fully saturated rings. The quantitative estimate of drug-likeness (QED) is 0.796. The molecule has 0 saturated heterocycles. The lowest BCUT2D eigenvalue weighted by Crippen LogP contribution is -2.36. The second kappa shape index (κ2) is 7.04. The van der Waals surface area contributed by atoms with Gasteiger partial charge in [0.1, 0.15) is 10.7 Å². The zero-order chi connectivity index (χ0) is 16.4. The maximum atomic E-state index is 13.5. The Hall–Kier alpha value is -0.700. The molecule has 1 N–H and O–H groups in total. The topological polar surface area (TPSA) is 80.3 Å². The summed E-state index contributed by atoms with van der Waals surface area (Å²) in [5.41, 5.74) is -0.231. The van der Waals surface area contributed by atoms with Crippen LogP contribution in [0.25, 0.3) is 0 Å². The van der Waals surface area contributed by atoms with Gasteiger partial charge in [-0.25, -0.2) is 12.8 Å². The lowest BCUT2D eigenvalue weighted by atomic mass is 10.2. The number of halogens is 3. The molecule has 0 spiro atoms. The largest absolute Gasteiger partial charge is 0.349 e. The molecule has 21 heavy (non-hydrogen) atoms. The summed E-state index contributed by atoms with van der Waals surface area (Å²) in [6.07, 6.45) is 1.48. The summed E-state index contributed by atoms with van der Waals surface area (Å²) in [4.78, 5) is 11.2. The fourth-order valence-electron chi connectivity index (χ4n) is 1.59. The van der Waals surface area contributed by atoms with Gasteiger partial charge in [0.2, 0.25) is 0 Å². The molecule has 0 bridgehead atoms. The number of carbonyl (C=O) groups is 1. The van der Waals surface area contributed by atoms with Crippen LogP contribution in [0.2, 0.25) is 5.02 Å². The second-order valence-corrected chi connectivity index (χ2v) is 8.74. The Kier molecular flexibility index (Phi) is 6.15.